The van der Waals surface area contributed by atoms with Crippen LogP contribution in [0.15, 0.2) is 42.9 Å². The third kappa shape index (κ3) is 3.87. The van der Waals surface area contributed by atoms with Gasteiger partial charge in [0.2, 0.25) is 0 Å². The fourth-order valence-electron chi connectivity index (χ4n) is 2.08. The maximum absolute atomic E-state index is 8.92. The van der Waals surface area contributed by atoms with Crippen LogP contribution in [0.1, 0.15) is 23.7 Å². The molecule has 0 aliphatic carbocycles. The summed E-state index contributed by atoms with van der Waals surface area (Å²) in [7, 11) is 2.08. The quantitative estimate of drug-likeness (QED) is 0.834. The SMILES string of the molecule is C[C@H](Cc1cnccn1)N(C)Cc1cccc(C#N)c1. The fraction of sp³-hybridized carbons (Fsp3) is 0.312. The van der Waals surface area contributed by atoms with Crippen LogP contribution in [0.3, 0.4) is 0 Å². The Morgan fingerprint density at radius 3 is 2.90 bits per heavy atom. The summed E-state index contributed by atoms with van der Waals surface area (Å²) < 4.78 is 0. The van der Waals surface area contributed by atoms with E-state index < -0.39 is 0 Å². The standard InChI is InChI=1S/C16H18N4/c1-13(8-16-11-18-6-7-19-16)20(2)12-15-5-3-4-14(9-15)10-17/h3-7,9,11,13H,8,12H2,1-2H3/t13-/m1/s1. The molecule has 1 atom stereocenters. The lowest BCUT2D eigenvalue weighted by Gasteiger charge is -2.24. The maximum Gasteiger partial charge on any atom is 0.0991 e. The van der Waals surface area contributed by atoms with Gasteiger partial charge in [0.15, 0.2) is 0 Å². The average Bonchev–Trinajstić information content (AvgIpc) is 2.48. The molecule has 0 unspecified atom stereocenters. The highest BCUT2D eigenvalue weighted by Gasteiger charge is 2.11. The second kappa shape index (κ2) is 6.78. The molecule has 0 fully saturated rings. The van der Waals surface area contributed by atoms with Gasteiger partial charge in [-0.25, -0.2) is 0 Å². The van der Waals surface area contributed by atoms with Gasteiger partial charge < -0.3 is 0 Å². The Labute approximate surface area is 119 Å². The number of likely N-dealkylation sites (N-methyl/N-ethyl adjacent to an activating group) is 1. The van der Waals surface area contributed by atoms with Gasteiger partial charge >= 0.3 is 0 Å². The van der Waals surface area contributed by atoms with E-state index in [0.29, 0.717) is 11.6 Å². The minimum atomic E-state index is 0.359. The van der Waals surface area contributed by atoms with E-state index in [-0.39, 0.29) is 0 Å². The zero-order valence-corrected chi connectivity index (χ0v) is 11.8. The van der Waals surface area contributed by atoms with Crippen molar-refractivity contribution in [2.75, 3.05) is 7.05 Å². The summed E-state index contributed by atoms with van der Waals surface area (Å²) >= 11 is 0. The Hall–Kier alpha value is -2.25. The van der Waals surface area contributed by atoms with Crippen LogP contribution in [0, 0.1) is 11.3 Å². The van der Waals surface area contributed by atoms with Crippen molar-refractivity contribution in [3.63, 3.8) is 0 Å². The van der Waals surface area contributed by atoms with Crippen LogP contribution in [0.2, 0.25) is 0 Å². The number of hydrogen-bond acceptors (Lipinski definition) is 4. The van der Waals surface area contributed by atoms with Gasteiger partial charge in [0.05, 0.1) is 17.3 Å². The molecule has 0 saturated carbocycles. The zero-order chi connectivity index (χ0) is 14.4. The van der Waals surface area contributed by atoms with Crippen molar-refractivity contribution in [2.24, 2.45) is 0 Å². The molecule has 20 heavy (non-hydrogen) atoms. The summed E-state index contributed by atoms with van der Waals surface area (Å²) in [6.45, 7) is 2.99. The topological polar surface area (TPSA) is 52.8 Å². The molecule has 0 aliphatic heterocycles. The molecule has 2 rings (SSSR count). The number of nitrogens with zero attached hydrogens (tertiary/aromatic N) is 4. The minimum absolute atomic E-state index is 0.359. The second-order valence-electron chi connectivity index (χ2n) is 4.98. The van der Waals surface area contributed by atoms with E-state index in [1.807, 2.05) is 24.3 Å². The van der Waals surface area contributed by atoms with Crippen LogP contribution in [0.5, 0.6) is 0 Å². The summed E-state index contributed by atoms with van der Waals surface area (Å²) in [4.78, 5) is 10.6. The second-order valence-corrected chi connectivity index (χ2v) is 4.98. The third-order valence-corrected chi connectivity index (χ3v) is 3.36. The summed E-state index contributed by atoms with van der Waals surface area (Å²) in [5, 5.41) is 8.92. The number of rotatable bonds is 5. The lowest BCUT2D eigenvalue weighted by atomic mass is 10.1. The first-order chi connectivity index (χ1) is 9.69. The summed E-state index contributed by atoms with van der Waals surface area (Å²) in [5.41, 5.74) is 2.85. The predicted octanol–water partition coefficient (Wildman–Crippen LogP) is 2.41. The number of benzene rings is 1. The van der Waals surface area contributed by atoms with E-state index in [2.05, 4.69) is 34.9 Å². The van der Waals surface area contributed by atoms with Gasteiger partial charge in [-0.2, -0.15) is 5.26 Å². The molecule has 0 bridgehead atoms. The molecule has 0 radical (unpaired) electrons. The molecule has 0 saturated heterocycles. The highest BCUT2D eigenvalue weighted by Crippen LogP contribution is 2.11. The molecule has 1 aromatic heterocycles. The first-order valence-electron chi connectivity index (χ1n) is 6.63. The monoisotopic (exact) mass is 266 g/mol. The molecule has 2 aromatic rings. The Kier molecular flexibility index (Phi) is 4.80. The Morgan fingerprint density at radius 1 is 1.35 bits per heavy atom. The normalized spacial score (nSPS) is 12.1. The van der Waals surface area contributed by atoms with Gasteiger partial charge in [0.25, 0.3) is 0 Å². The third-order valence-electron chi connectivity index (χ3n) is 3.36. The fourth-order valence-corrected chi connectivity index (χ4v) is 2.08. The molecule has 0 N–H and O–H groups in total. The average molecular weight is 266 g/mol. The van der Waals surface area contributed by atoms with E-state index in [1.54, 1.807) is 18.6 Å². The molecule has 0 spiro atoms. The van der Waals surface area contributed by atoms with E-state index in [4.69, 9.17) is 5.26 Å². The van der Waals surface area contributed by atoms with Crippen molar-refractivity contribution in [3.05, 3.63) is 59.7 Å². The molecular weight excluding hydrogens is 248 g/mol. The molecule has 0 aliphatic rings. The van der Waals surface area contributed by atoms with Gasteiger partial charge in [0, 0.05) is 37.6 Å². The minimum Gasteiger partial charge on any atom is -0.299 e. The van der Waals surface area contributed by atoms with Crippen LogP contribution in [-0.2, 0) is 13.0 Å². The van der Waals surface area contributed by atoms with Gasteiger partial charge in [-0.15, -0.1) is 0 Å². The van der Waals surface area contributed by atoms with Crippen LogP contribution in [0.25, 0.3) is 0 Å². The van der Waals surface area contributed by atoms with Gasteiger partial charge in [-0.05, 0) is 31.7 Å². The molecule has 0 amide bonds. The van der Waals surface area contributed by atoms with Gasteiger partial charge in [-0.3, -0.25) is 14.9 Å². The number of nitriles is 1. The van der Waals surface area contributed by atoms with E-state index in [9.17, 15) is 0 Å². The summed E-state index contributed by atoms with van der Waals surface area (Å²) in [6.07, 6.45) is 6.08. The van der Waals surface area contributed by atoms with Gasteiger partial charge in [-0.1, -0.05) is 12.1 Å². The molecular formula is C16H18N4. The van der Waals surface area contributed by atoms with Crippen molar-refractivity contribution in [2.45, 2.75) is 25.9 Å². The molecule has 1 heterocycles. The molecule has 1 aromatic carbocycles. The van der Waals surface area contributed by atoms with Crippen molar-refractivity contribution in [1.29, 1.82) is 5.26 Å². The molecule has 4 heteroatoms. The van der Waals surface area contributed by atoms with Crippen LogP contribution in [-0.4, -0.2) is 28.0 Å². The highest BCUT2D eigenvalue weighted by molar-refractivity contribution is 5.32. The van der Waals surface area contributed by atoms with Crippen molar-refractivity contribution in [1.82, 2.24) is 14.9 Å². The van der Waals surface area contributed by atoms with Crippen LogP contribution in [0.4, 0.5) is 0 Å². The first kappa shape index (κ1) is 14.2. The Morgan fingerprint density at radius 2 is 2.20 bits per heavy atom. The van der Waals surface area contributed by atoms with Crippen molar-refractivity contribution in [3.8, 4) is 6.07 Å². The number of hydrogen-bond donors (Lipinski definition) is 0. The van der Waals surface area contributed by atoms with E-state index >= 15 is 0 Å². The first-order valence-corrected chi connectivity index (χ1v) is 6.63. The van der Waals surface area contributed by atoms with Crippen LogP contribution >= 0.6 is 0 Å². The van der Waals surface area contributed by atoms with Gasteiger partial charge in [0.1, 0.15) is 0 Å². The van der Waals surface area contributed by atoms with E-state index in [0.717, 1.165) is 24.2 Å². The molecule has 102 valence electrons. The molecule has 4 nitrogen and oxygen atoms in total. The predicted molar refractivity (Wildman–Crippen MR) is 77.8 cm³/mol. The zero-order valence-electron chi connectivity index (χ0n) is 11.8. The van der Waals surface area contributed by atoms with Crippen molar-refractivity contribution < 1.29 is 0 Å². The Balaban J connectivity index is 1.97. The van der Waals surface area contributed by atoms with Crippen LogP contribution < -0.4 is 0 Å². The number of aromatic nitrogens is 2. The van der Waals surface area contributed by atoms with Crippen molar-refractivity contribution >= 4 is 0 Å². The smallest absolute Gasteiger partial charge is 0.0991 e. The van der Waals surface area contributed by atoms with E-state index in [1.165, 1.54) is 0 Å². The summed E-state index contributed by atoms with van der Waals surface area (Å²) in [5.74, 6) is 0. The lowest BCUT2D eigenvalue weighted by molar-refractivity contribution is 0.246. The largest absolute Gasteiger partial charge is 0.299 e. The lowest BCUT2D eigenvalue weighted by Crippen LogP contribution is -2.30. The Bertz CT molecular complexity index is 589. The summed E-state index contributed by atoms with van der Waals surface area (Å²) in [6, 6.07) is 10.3. The maximum atomic E-state index is 8.92. The highest BCUT2D eigenvalue weighted by atomic mass is 15.1.